The van der Waals surface area contributed by atoms with Gasteiger partial charge in [-0.25, -0.2) is 0 Å². The fourth-order valence-corrected chi connectivity index (χ4v) is 0.619. The zero-order chi connectivity index (χ0) is 7.56. The van der Waals surface area contributed by atoms with Gasteiger partial charge >= 0.3 is 35.2 Å². The van der Waals surface area contributed by atoms with Gasteiger partial charge in [0.15, 0.2) is 5.75 Å². The predicted molar refractivity (Wildman–Crippen MR) is 41.9 cm³/mol. The van der Waals surface area contributed by atoms with E-state index in [9.17, 15) is 10.1 Å². The fraction of sp³-hybridized carbons (Fsp3) is 0. The van der Waals surface area contributed by atoms with Crippen LogP contribution in [0.15, 0.2) is 24.3 Å². The van der Waals surface area contributed by atoms with Gasteiger partial charge in [-0.3, -0.25) is 10.1 Å². The number of phenols is 1. The van der Waals surface area contributed by atoms with E-state index in [0.717, 1.165) is 0 Å². The molecule has 1 aromatic rings. The predicted octanol–water partition coefficient (Wildman–Crippen LogP) is 0.652. The van der Waals surface area contributed by atoms with E-state index in [-0.39, 0.29) is 41.0 Å². The summed E-state index contributed by atoms with van der Waals surface area (Å²) >= 11 is 0. The third-order valence-corrected chi connectivity index (χ3v) is 1.08. The SMILES string of the molecule is O=[N+]([O-])c1ccccc1O.[NaH]. The van der Waals surface area contributed by atoms with Gasteiger partial charge in [-0.2, -0.15) is 0 Å². The van der Waals surface area contributed by atoms with Crippen molar-refractivity contribution in [1.29, 1.82) is 0 Å². The minimum absolute atomic E-state index is 0. The Balaban J connectivity index is 0.000001000. The minimum atomic E-state index is -0.630. The van der Waals surface area contributed by atoms with Crippen molar-refractivity contribution in [3.05, 3.63) is 34.4 Å². The molecule has 1 N–H and O–H groups in total. The van der Waals surface area contributed by atoms with Gasteiger partial charge in [0.2, 0.25) is 0 Å². The van der Waals surface area contributed by atoms with E-state index in [1.807, 2.05) is 0 Å². The van der Waals surface area contributed by atoms with Gasteiger partial charge in [0, 0.05) is 6.07 Å². The molecule has 0 aromatic heterocycles. The first-order valence-corrected chi connectivity index (χ1v) is 2.64. The Kier molecular flexibility index (Phi) is 4.10. The Hall–Kier alpha value is -0.580. The third-order valence-electron chi connectivity index (χ3n) is 1.08. The summed E-state index contributed by atoms with van der Waals surface area (Å²) in [6.07, 6.45) is 0. The Labute approximate surface area is 85.3 Å². The molecule has 0 aliphatic heterocycles. The molecule has 0 aliphatic carbocycles. The Bertz CT molecular complexity index is 264. The molecule has 0 amide bonds. The summed E-state index contributed by atoms with van der Waals surface area (Å²) in [5, 5.41) is 18.9. The number of hydrogen-bond acceptors (Lipinski definition) is 3. The van der Waals surface area contributed by atoms with Crippen LogP contribution in [0.2, 0.25) is 0 Å². The number of phenolic OH excluding ortho intramolecular Hbond substituents is 1. The number of nitro benzene ring substituents is 1. The molecule has 0 fully saturated rings. The van der Waals surface area contributed by atoms with Crippen LogP contribution in [0.5, 0.6) is 5.75 Å². The number of nitro groups is 1. The van der Waals surface area contributed by atoms with Crippen molar-refractivity contribution in [3.8, 4) is 5.75 Å². The molecule has 0 saturated carbocycles. The Morgan fingerprint density at radius 2 is 1.91 bits per heavy atom. The van der Waals surface area contributed by atoms with E-state index in [4.69, 9.17) is 5.11 Å². The monoisotopic (exact) mass is 163 g/mol. The summed E-state index contributed by atoms with van der Waals surface area (Å²) < 4.78 is 0. The van der Waals surface area contributed by atoms with Crippen LogP contribution < -0.4 is 0 Å². The summed E-state index contributed by atoms with van der Waals surface area (Å²) in [5.41, 5.74) is -0.262. The van der Waals surface area contributed by atoms with Crippen molar-refractivity contribution in [3.63, 3.8) is 0 Å². The molecular formula is C6H6NNaO3. The van der Waals surface area contributed by atoms with Crippen LogP contribution >= 0.6 is 0 Å². The molecule has 0 saturated heterocycles. The second kappa shape index (κ2) is 4.33. The number of rotatable bonds is 1. The molecule has 0 heterocycles. The molecule has 0 bridgehead atoms. The van der Waals surface area contributed by atoms with Crippen molar-refractivity contribution in [2.45, 2.75) is 0 Å². The van der Waals surface area contributed by atoms with Crippen LogP contribution in [0.3, 0.4) is 0 Å². The average Bonchev–Trinajstić information content (AvgIpc) is 1.88. The molecule has 1 aromatic carbocycles. The van der Waals surface area contributed by atoms with E-state index in [1.54, 1.807) is 0 Å². The van der Waals surface area contributed by atoms with E-state index in [2.05, 4.69) is 0 Å². The Morgan fingerprint density at radius 1 is 1.36 bits per heavy atom. The van der Waals surface area contributed by atoms with E-state index >= 15 is 0 Å². The summed E-state index contributed by atoms with van der Waals surface area (Å²) in [7, 11) is 0. The molecule has 11 heavy (non-hydrogen) atoms. The molecule has 4 nitrogen and oxygen atoms in total. The van der Waals surface area contributed by atoms with Crippen molar-refractivity contribution in [1.82, 2.24) is 0 Å². The van der Waals surface area contributed by atoms with Crippen LogP contribution in [-0.4, -0.2) is 39.6 Å². The standard InChI is InChI=1S/C6H5NO3.Na.H/c8-6-4-2-1-3-5(6)7(9)10;;/h1-4,8H;;. The third kappa shape index (κ3) is 2.49. The topological polar surface area (TPSA) is 63.4 Å². The second-order valence-electron chi connectivity index (χ2n) is 1.75. The van der Waals surface area contributed by atoms with Gasteiger partial charge in [-0.1, -0.05) is 12.1 Å². The van der Waals surface area contributed by atoms with Crippen LogP contribution in [0.4, 0.5) is 5.69 Å². The molecule has 0 unspecified atom stereocenters. The Morgan fingerprint density at radius 3 is 2.27 bits per heavy atom. The van der Waals surface area contributed by atoms with Crippen LogP contribution in [0.1, 0.15) is 0 Å². The molecule has 0 spiro atoms. The van der Waals surface area contributed by atoms with Gasteiger partial charge in [0.25, 0.3) is 0 Å². The van der Waals surface area contributed by atoms with E-state index in [0.29, 0.717) is 0 Å². The van der Waals surface area contributed by atoms with E-state index < -0.39 is 4.92 Å². The molecule has 0 atom stereocenters. The summed E-state index contributed by atoms with van der Waals surface area (Å²) in [5.74, 6) is -0.299. The van der Waals surface area contributed by atoms with Gasteiger partial charge in [-0.05, 0) is 6.07 Å². The average molecular weight is 163 g/mol. The van der Waals surface area contributed by atoms with Gasteiger partial charge < -0.3 is 5.11 Å². The number of benzene rings is 1. The van der Waals surface area contributed by atoms with E-state index in [1.165, 1.54) is 24.3 Å². The normalized spacial score (nSPS) is 8.36. The second-order valence-corrected chi connectivity index (χ2v) is 1.75. The number of nitrogens with zero attached hydrogens (tertiary/aromatic N) is 1. The van der Waals surface area contributed by atoms with Gasteiger partial charge in [-0.15, -0.1) is 0 Å². The van der Waals surface area contributed by atoms with Crippen molar-refractivity contribution in [2.75, 3.05) is 0 Å². The van der Waals surface area contributed by atoms with Gasteiger partial charge in [0.05, 0.1) is 4.92 Å². The summed E-state index contributed by atoms with van der Waals surface area (Å²) in [6.45, 7) is 0. The van der Waals surface area contributed by atoms with Crippen molar-refractivity contribution < 1.29 is 10.0 Å². The van der Waals surface area contributed by atoms with Crippen molar-refractivity contribution in [2.24, 2.45) is 0 Å². The van der Waals surface area contributed by atoms with Crippen LogP contribution in [-0.2, 0) is 0 Å². The fourth-order valence-electron chi connectivity index (χ4n) is 0.619. The van der Waals surface area contributed by atoms with Crippen LogP contribution in [0.25, 0.3) is 0 Å². The number of hydrogen-bond donors (Lipinski definition) is 1. The summed E-state index contributed by atoms with van der Waals surface area (Å²) in [6, 6.07) is 5.55. The molecular weight excluding hydrogens is 157 g/mol. The molecule has 1 rings (SSSR count). The first-order chi connectivity index (χ1) is 4.72. The molecule has 0 aliphatic rings. The first kappa shape index (κ1) is 10.4. The van der Waals surface area contributed by atoms with Gasteiger partial charge in [0.1, 0.15) is 0 Å². The number of aromatic hydroxyl groups is 1. The molecule has 54 valence electrons. The maximum absolute atomic E-state index is 10.1. The summed E-state index contributed by atoms with van der Waals surface area (Å²) in [4.78, 5) is 9.44. The quantitative estimate of drug-likeness (QED) is 0.375. The first-order valence-electron chi connectivity index (χ1n) is 2.64. The van der Waals surface area contributed by atoms with Crippen molar-refractivity contribution >= 4 is 35.2 Å². The molecule has 0 radical (unpaired) electrons. The zero-order valence-electron chi connectivity index (χ0n) is 5.02. The maximum atomic E-state index is 10.1. The number of para-hydroxylation sites is 2. The molecule has 5 heteroatoms. The zero-order valence-corrected chi connectivity index (χ0v) is 5.02. The van der Waals surface area contributed by atoms with Crippen LogP contribution in [0, 0.1) is 10.1 Å².